The summed E-state index contributed by atoms with van der Waals surface area (Å²) in [6.07, 6.45) is 11.0. The third kappa shape index (κ3) is 4.53. The highest BCUT2D eigenvalue weighted by atomic mass is 16.5. The van der Waals surface area contributed by atoms with E-state index in [4.69, 9.17) is 9.72 Å². The number of hydrogen-bond donors (Lipinski definition) is 1. The molecule has 2 fully saturated rings. The van der Waals surface area contributed by atoms with Crippen LogP contribution in [0, 0.1) is 0 Å². The van der Waals surface area contributed by atoms with E-state index in [9.17, 15) is 0 Å². The van der Waals surface area contributed by atoms with Crippen molar-refractivity contribution in [2.45, 2.75) is 51.0 Å². The van der Waals surface area contributed by atoms with E-state index in [1.807, 2.05) is 18.6 Å². The van der Waals surface area contributed by atoms with Gasteiger partial charge in [0.15, 0.2) is 0 Å². The van der Waals surface area contributed by atoms with Gasteiger partial charge < -0.3 is 15.0 Å². The SMILES string of the molecule is CCCc1cnc(NC2CCN(c3nccc(C4CCOCC4)n3)C2)nc1. The first-order valence-electron chi connectivity index (χ1n) is 10.0. The molecule has 7 heteroatoms. The molecule has 0 aromatic carbocycles. The highest BCUT2D eigenvalue weighted by molar-refractivity contribution is 5.36. The van der Waals surface area contributed by atoms with Gasteiger partial charge in [0.05, 0.1) is 0 Å². The highest BCUT2D eigenvalue weighted by Gasteiger charge is 2.26. The molecule has 0 aliphatic carbocycles. The molecule has 144 valence electrons. The van der Waals surface area contributed by atoms with Crippen LogP contribution in [0.4, 0.5) is 11.9 Å². The lowest BCUT2D eigenvalue weighted by Gasteiger charge is -2.23. The number of nitrogens with one attached hydrogen (secondary N) is 1. The standard InChI is InChI=1S/C20H28N6O/c1-2-3-15-12-22-19(23-13-15)24-17-5-9-26(14-17)20-21-8-4-18(25-20)16-6-10-27-11-7-16/h4,8,12-13,16-17H,2-3,5-7,9-11,14H2,1H3,(H,22,23,24). The van der Waals surface area contributed by atoms with Crippen LogP contribution in [0.2, 0.25) is 0 Å². The van der Waals surface area contributed by atoms with Crippen molar-refractivity contribution in [1.82, 2.24) is 19.9 Å². The van der Waals surface area contributed by atoms with E-state index >= 15 is 0 Å². The Hall–Kier alpha value is -2.28. The van der Waals surface area contributed by atoms with E-state index in [0.717, 1.165) is 70.0 Å². The van der Waals surface area contributed by atoms with Gasteiger partial charge in [-0.2, -0.15) is 0 Å². The van der Waals surface area contributed by atoms with E-state index < -0.39 is 0 Å². The van der Waals surface area contributed by atoms with Crippen molar-refractivity contribution in [2.75, 3.05) is 36.5 Å². The fraction of sp³-hybridized carbons (Fsp3) is 0.600. The Morgan fingerprint density at radius 3 is 2.74 bits per heavy atom. The van der Waals surface area contributed by atoms with Gasteiger partial charge in [0.1, 0.15) is 0 Å². The van der Waals surface area contributed by atoms with Crippen LogP contribution >= 0.6 is 0 Å². The van der Waals surface area contributed by atoms with Gasteiger partial charge in [-0.1, -0.05) is 13.3 Å². The summed E-state index contributed by atoms with van der Waals surface area (Å²) < 4.78 is 5.47. The summed E-state index contributed by atoms with van der Waals surface area (Å²) in [6.45, 7) is 5.64. The molecule has 0 amide bonds. The average Bonchev–Trinajstić information content (AvgIpc) is 3.19. The van der Waals surface area contributed by atoms with Crippen molar-refractivity contribution in [2.24, 2.45) is 0 Å². The summed E-state index contributed by atoms with van der Waals surface area (Å²) in [5, 5.41) is 3.45. The molecule has 27 heavy (non-hydrogen) atoms. The van der Waals surface area contributed by atoms with Crippen molar-refractivity contribution in [3.05, 3.63) is 35.9 Å². The van der Waals surface area contributed by atoms with Crippen molar-refractivity contribution >= 4 is 11.9 Å². The van der Waals surface area contributed by atoms with Crippen LogP contribution < -0.4 is 10.2 Å². The number of aromatic nitrogens is 4. The Balaban J connectivity index is 1.36. The summed E-state index contributed by atoms with van der Waals surface area (Å²) in [5.74, 6) is 2.04. The Kier molecular flexibility index (Phi) is 5.77. The molecule has 1 atom stereocenters. The minimum atomic E-state index is 0.317. The second-order valence-electron chi connectivity index (χ2n) is 7.41. The lowest BCUT2D eigenvalue weighted by molar-refractivity contribution is 0.0845. The number of nitrogens with zero attached hydrogens (tertiary/aromatic N) is 5. The maximum atomic E-state index is 5.47. The molecule has 7 nitrogen and oxygen atoms in total. The molecule has 2 saturated heterocycles. The molecule has 0 radical (unpaired) electrons. The van der Waals surface area contributed by atoms with E-state index in [1.165, 1.54) is 5.56 Å². The smallest absolute Gasteiger partial charge is 0.225 e. The Bertz CT molecular complexity index is 732. The first kappa shape index (κ1) is 18.1. The molecule has 1 N–H and O–H groups in total. The Morgan fingerprint density at radius 1 is 1.15 bits per heavy atom. The van der Waals surface area contributed by atoms with E-state index in [-0.39, 0.29) is 0 Å². The summed E-state index contributed by atoms with van der Waals surface area (Å²) >= 11 is 0. The third-order valence-corrected chi connectivity index (χ3v) is 5.35. The van der Waals surface area contributed by atoms with Crippen molar-refractivity contribution < 1.29 is 4.74 Å². The molecule has 0 spiro atoms. The van der Waals surface area contributed by atoms with Crippen molar-refractivity contribution in [1.29, 1.82) is 0 Å². The maximum absolute atomic E-state index is 5.47. The van der Waals surface area contributed by atoms with Crippen LogP contribution in [0.15, 0.2) is 24.7 Å². The minimum absolute atomic E-state index is 0.317. The zero-order valence-corrected chi connectivity index (χ0v) is 16.0. The van der Waals surface area contributed by atoms with Gasteiger partial charge in [0.2, 0.25) is 11.9 Å². The van der Waals surface area contributed by atoms with Crippen LogP contribution in [0.3, 0.4) is 0 Å². The number of ether oxygens (including phenoxy) is 1. The van der Waals surface area contributed by atoms with Crippen LogP contribution in [0.1, 0.15) is 49.8 Å². The van der Waals surface area contributed by atoms with E-state index in [1.54, 1.807) is 0 Å². The van der Waals surface area contributed by atoms with Crippen molar-refractivity contribution in [3.8, 4) is 0 Å². The fourth-order valence-electron chi connectivity index (χ4n) is 3.82. The zero-order valence-electron chi connectivity index (χ0n) is 16.0. The topological polar surface area (TPSA) is 76.1 Å². The second-order valence-corrected chi connectivity index (χ2v) is 7.41. The highest BCUT2D eigenvalue weighted by Crippen LogP contribution is 2.27. The molecule has 2 aliphatic rings. The quantitative estimate of drug-likeness (QED) is 0.840. The van der Waals surface area contributed by atoms with Crippen LogP contribution in [0.25, 0.3) is 0 Å². The van der Waals surface area contributed by atoms with Crippen LogP contribution in [-0.2, 0) is 11.2 Å². The van der Waals surface area contributed by atoms with Gasteiger partial charge in [-0.05, 0) is 37.3 Å². The first-order chi connectivity index (χ1) is 13.3. The number of anilines is 2. The molecule has 1 unspecified atom stereocenters. The summed E-state index contributed by atoms with van der Waals surface area (Å²) in [7, 11) is 0. The maximum Gasteiger partial charge on any atom is 0.225 e. The predicted octanol–water partition coefficient (Wildman–Crippen LogP) is 2.80. The summed E-state index contributed by atoms with van der Waals surface area (Å²) in [6, 6.07) is 2.37. The Morgan fingerprint density at radius 2 is 1.96 bits per heavy atom. The number of rotatable bonds is 6. The van der Waals surface area contributed by atoms with Crippen molar-refractivity contribution in [3.63, 3.8) is 0 Å². The molecular formula is C20H28N6O. The van der Waals surface area contributed by atoms with Gasteiger partial charge in [-0.15, -0.1) is 0 Å². The molecular weight excluding hydrogens is 340 g/mol. The molecule has 0 saturated carbocycles. The van der Waals surface area contributed by atoms with Gasteiger partial charge in [0, 0.05) is 62.5 Å². The van der Waals surface area contributed by atoms with Gasteiger partial charge in [-0.25, -0.2) is 19.9 Å². The summed E-state index contributed by atoms with van der Waals surface area (Å²) in [5.41, 5.74) is 2.34. The lowest BCUT2D eigenvalue weighted by Crippen LogP contribution is -2.28. The third-order valence-electron chi connectivity index (χ3n) is 5.35. The predicted molar refractivity (Wildman–Crippen MR) is 105 cm³/mol. The number of aryl methyl sites for hydroxylation is 1. The monoisotopic (exact) mass is 368 g/mol. The van der Waals surface area contributed by atoms with Gasteiger partial charge in [-0.3, -0.25) is 0 Å². The number of hydrogen-bond acceptors (Lipinski definition) is 7. The zero-order chi connectivity index (χ0) is 18.5. The van der Waals surface area contributed by atoms with E-state index in [0.29, 0.717) is 17.9 Å². The largest absolute Gasteiger partial charge is 0.381 e. The minimum Gasteiger partial charge on any atom is -0.381 e. The van der Waals surface area contributed by atoms with E-state index in [2.05, 4.69) is 38.2 Å². The van der Waals surface area contributed by atoms with Gasteiger partial charge in [0.25, 0.3) is 0 Å². The fourth-order valence-corrected chi connectivity index (χ4v) is 3.82. The Labute approximate surface area is 160 Å². The first-order valence-corrected chi connectivity index (χ1v) is 10.0. The van der Waals surface area contributed by atoms with Gasteiger partial charge >= 0.3 is 0 Å². The molecule has 4 rings (SSSR count). The molecule has 2 aliphatic heterocycles. The normalized spacial score (nSPS) is 20.8. The second kappa shape index (κ2) is 8.61. The molecule has 0 bridgehead atoms. The summed E-state index contributed by atoms with van der Waals surface area (Å²) in [4.78, 5) is 20.5. The lowest BCUT2D eigenvalue weighted by atomic mass is 9.96. The van der Waals surface area contributed by atoms with Crippen LogP contribution in [0.5, 0.6) is 0 Å². The van der Waals surface area contributed by atoms with Crippen LogP contribution in [-0.4, -0.2) is 52.3 Å². The molecule has 2 aromatic rings. The average molecular weight is 368 g/mol. The molecule has 2 aromatic heterocycles. The molecule has 4 heterocycles.